The molecule has 13 aromatic rings. The standard InChI is InChI=1S/C58H28F6N4S2/c59-57(60,61)31-23-25-47-41(27-31)33-11-1-5-19-45(33)67(47)53-43(29-65)51(39-17-9-15-37-35-13-3-7-21-49(35)69-55(37)39)44(30-66)54(52(53)40-18-10-16-38-36-14-4-8-22-50(36)70-56(38)40)68-46-20-6-2-12-34(46)42-28-32(58(62,63)64)24-26-48(42)68/h1-28H. The molecule has 0 amide bonds. The lowest BCUT2D eigenvalue weighted by Gasteiger charge is -2.26. The maximum Gasteiger partial charge on any atom is 0.416 e. The van der Waals surface area contributed by atoms with Gasteiger partial charge in [0, 0.05) is 84.1 Å². The zero-order chi connectivity index (χ0) is 47.8. The second kappa shape index (κ2) is 15.0. The number of nitrogens with zero attached hydrogens (tertiary/aromatic N) is 4. The monoisotopic (exact) mass is 958 g/mol. The highest BCUT2D eigenvalue weighted by molar-refractivity contribution is 7.26. The number of para-hydroxylation sites is 2. The molecule has 0 radical (unpaired) electrons. The third-order valence-electron chi connectivity index (χ3n) is 13.5. The fourth-order valence-corrected chi connectivity index (χ4v) is 13.0. The molecule has 0 unspecified atom stereocenters. The van der Waals surface area contributed by atoms with Crippen LogP contribution in [0.4, 0.5) is 26.3 Å². The molecule has 13 rings (SSSR count). The van der Waals surface area contributed by atoms with Gasteiger partial charge in [-0.15, -0.1) is 22.7 Å². The van der Waals surface area contributed by atoms with Crippen LogP contribution in [-0.4, -0.2) is 9.13 Å². The Morgan fingerprint density at radius 3 is 1.17 bits per heavy atom. The van der Waals surface area contributed by atoms with Crippen LogP contribution in [0.25, 0.3) is 118 Å². The first-order valence-electron chi connectivity index (χ1n) is 22.0. The summed E-state index contributed by atoms with van der Waals surface area (Å²) in [7, 11) is 0. The van der Waals surface area contributed by atoms with Crippen molar-refractivity contribution in [3.05, 3.63) is 192 Å². The number of alkyl halides is 6. The molecule has 0 aliphatic carbocycles. The zero-order valence-electron chi connectivity index (χ0n) is 36.0. The number of thiophene rings is 2. The Morgan fingerprint density at radius 1 is 0.371 bits per heavy atom. The molecule has 0 aliphatic rings. The van der Waals surface area contributed by atoms with Gasteiger partial charge >= 0.3 is 12.4 Å². The molecule has 334 valence electrons. The van der Waals surface area contributed by atoms with E-state index >= 15 is 0 Å². The molecule has 0 fully saturated rings. The van der Waals surface area contributed by atoms with Gasteiger partial charge in [-0.2, -0.15) is 36.9 Å². The molecule has 0 saturated carbocycles. The van der Waals surface area contributed by atoms with E-state index in [2.05, 4.69) is 12.1 Å². The molecule has 0 atom stereocenters. The summed E-state index contributed by atoms with van der Waals surface area (Å²) in [4.78, 5) is 0. The van der Waals surface area contributed by atoms with Crippen molar-refractivity contribution in [2.75, 3.05) is 0 Å². The topological polar surface area (TPSA) is 57.4 Å². The molecule has 4 heterocycles. The average molecular weight is 959 g/mol. The third kappa shape index (κ3) is 5.94. The Morgan fingerprint density at radius 2 is 0.743 bits per heavy atom. The van der Waals surface area contributed by atoms with Crippen LogP contribution in [0.1, 0.15) is 22.3 Å². The predicted molar refractivity (Wildman–Crippen MR) is 271 cm³/mol. The number of fused-ring (bicyclic) bond motifs is 12. The van der Waals surface area contributed by atoms with Crippen molar-refractivity contribution in [1.82, 2.24) is 9.13 Å². The number of nitriles is 2. The van der Waals surface area contributed by atoms with Crippen molar-refractivity contribution in [3.8, 4) is 45.8 Å². The minimum Gasteiger partial charge on any atom is -0.307 e. The van der Waals surface area contributed by atoms with Gasteiger partial charge in [0.15, 0.2) is 0 Å². The number of hydrogen-bond acceptors (Lipinski definition) is 4. The van der Waals surface area contributed by atoms with Crippen LogP contribution in [0, 0.1) is 22.7 Å². The van der Waals surface area contributed by atoms with Crippen LogP contribution in [0.15, 0.2) is 170 Å². The Hall–Kier alpha value is -8.42. The first kappa shape index (κ1) is 41.7. The number of hydrogen-bond donors (Lipinski definition) is 0. The summed E-state index contributed by atoms with van der Waals surface area (Å²) >= 11 is 3.03. The third-order valence-corrected chi connectivity index (χ3v) is 15.9. The van der Waals surface area contributed by atoms with Gasteiger partial charge in [-0.3, -0.25) is 0 Å². The van der Waals surface area contributed by atoms with Crippen molar-refractivity contribution >= 4 is 107 Å². The number of aromatic nitrogens is 2. The summed E-state index contributed by atoms with van der Waals surface area (Å²) in [5.41, 5.74) is 2.63. The molecule has 0 saturated heterocycles. The molecular formula is C58H28F6N4S2. The van der Waals surface area contributed by atoms with E-state index in [0.717, 1.165) is 64.6 Å². The van der Waals surface area contributed by atoms with Crippen molar-refractivity contribution < 1.29 is 26.3 Å². The van der Waals surface area contributed by atoms with E-state index in [1.165, 1.54) is 34.8 Å². The fraction of sp³-hybridized carbons (Fsp3) is 0.0345. The predicted octanol–water partition coefficient (Wildman–Crippen LogP) is 17.7. The fourth-order valence-electron chi connectivity index (χ4n) is 10.6. The van der Waals surface area contributed by atoms with Crippen LogP contribution in [0.5, 0.6) is 0 Å². The van der Waals surface area contributed by atoms with E-state index in [9.17, 15) is 36.9 Å². The van der Waals surface area contributed by atoms with E-state index in [1.807, 2.05) is 94.1 Å². The number of benzene rings is 9. The van der Waals surface area contributed by atoms with Gasteiger partial charge in [-0.25, -0.2) is 0 Å². The lowest BCUT2D eigenvalue weighted by Crippen LogP contribution is -2.11. The highest BCUT2D eigenvalue weighted by Gasteiger charge is 2.36. The van der Waals surface area contributed by atoms with E-state index in [0.29, 0.717) is 60.9 Å². The van der Waals surface area contributed by atoms with E-state index in [4.69, 9.17) is 0 Å². The molecule has 4 aromatic heterocycles. The highest BCUT2D eigenvalue weighted by Crippen LogP contribution is 2.53. The maximum absolute atomic E-state index is 14.6. The average Bonchev–Trinajstić information content (AvgIpc) is 4.12. The van der Waals surface area contributed by atoms with Gasteiger partial charge in [0.2, 0.25) is 0 Å². The van der Waals surface area contributed by atoms with E-state index in [1.54, 1.807) is 48.5 Å². The minimum absolute atomic E-state index is 0.0843. The second-order valence-electron chi connectivity index (χ2n) is 17.1. The van der Waals surface area contributed by atoms with Gasteiger partial charge in [0.05, 0.1) is 55.7 Å². The van der Waals surface area contributed by atoms with Gasteiger partial charge in [-0.05, 0) is 60.7 Å². The smallest absolute Gasteiger partial charge is 0.307 e. The maximum atomic E-state index is 14.6. The summed E-state index contributed by atoms with van der Waals surface area (Å²) in [6.07, 6.45) is -9.34. The largest absolute Gasteiger partial charge is 0.416 e. The van der Waals surface area contributed by atoms with Crippen LogP contribution in [0.3, 0.4) is 0 Å². The summed E-state index contributed by atoms with van der Waals surface area (Å²) in [6, 6.07) is 53.9. The van der Waals surface area contributed by atoms with E-state index in [-0.39, 0.29) is 27.5 Å². The number of rotatable bonds is 4. The molecule has 9 aromatic carbocycles. The lowest BCUT2D eigenvalue weighted by atomic mass is 9.85. The molecule has 4 nitrogen and oxygen atoms in total. The van der Waals surface area contributed by atoms with Gasteiger partial charge in [0.1, 0.15) is 12.1 Å². The molecule has 0 N–H and O–H groups in total. The van der Waals surface area contributed by atoms with Crippen molar-refractivity contribution in [1.29, 1.82) is 10.5 Å². The molecule has 0 bridgehead atoms. The first-order chi connectivity index (χ1) is 33.9. The summed E-state index contributed by atoms with van der Waals surface area (Å²) in [6.45, 7) is 0. The van der Waals surface area contributed by atoms with Gasteiger partial charge in [0.25, 0.3) is 0 Å². The SMILES string of the molecule is N#Cc1c(-c2cccc3c2sc2ccccc23)c(C#N)c(-n2c3ccccc3c3cc(C(F)(F)F)ccc32)c(-c2cccc3c2sc2ccccc23)c1-n1c2ccccc2c2cc(C(F)(F)F)ccc21. The van der Waals surface area contributed by atoms with Crippen molar-refractivity contribution in [2.24, 2.45) is 0 Å². The van der Waals surface area contributed by atoms with Crippen LogP contribution in [0.2, 0.25) is 0 Å². The summed E-state index contributed by atoms with van der Waals surface area (Å²) < 4.78 is 95.0. The van der Waals surface area contributed by atoms with E-state index < -0.39 is 23.5 Å². The lowest BCUT2D eigenvalue weighted by molar-refractivity contribution is -0.138. The Labute approximate surface area is 400 Å². The molecule has 0 aliphatic heterocycles. The number of halogens is 6. The normalized spacial score (nSPS) is 12.4. The van der Waals surface area contributed by atoms with Crippen LogP contribution < -0.4 is 0 Å². The van der Waals surface area contributed by atoms with Gasteiger partial charge in [-0.1, -0.05) is 109 Å². The quantitative estimate of drug-likeness (QED) is 0.165. The summed E-state index contributed by atoms with van der Waals surface area (Å²) in [5, 5.41) is 29.3. The second-order valence-corrected chi connectivity index (χ2v) is 19.3. The Bertz CT molecular complexity index is 4320. The highest BCUT2D eigenvalue weighted by atomic mass is 32.1. The van der Waals surface area contributed by atoms with Gasteiger partial charge < -0.3 is 9.13 Å². The minimum atomic E-state index is -4.67. The summed E-state index contributed by atoms with van der Waals surface area (Å²) in [5.74, 6) is 0. The van der Waals surface area contributed by atoms with Crippen LogP contribution in [-0.2, 0) is 12.4 Å². The van der Waals surface area contributed by atoms with Crippen molar-refractivity contribution in [2.45, 2.75) is 12.4 Å². The van der Waals surface area contributed by atoms with Crippen molar-refractivity contribution in [3.63, 3.8) is 0 Å². The Kier molecular flexibility index (Phi) is 8.97. The zero-order valence-corrected chi connectivity index (χ0v) is 37.7. The molecule has 0 spiro atoms. The molecular weight excluding hydrogens is 931 g/mol. The first-order valence-corrected chi connectivity index (χ1v) is 23.6. The molecule has 12 heteroatoms. The van der Waals surface area contributed by atoms with Crippen LogP contribution >= 0.6 is 22.7 Å². The Balaban J connectivity index is 1.33. The molecule has 70 heavy (non-hydrogen) atoms.